The van der Waals surface area contributed by atoms with Gasteiger partial charge in [0.25, 0.3) is 0 Å². The first-order valence-electron chi connectivity index (χ1n) is 8.50. The molecule has 2 aromatic carbocycles. The zero-order chi connectivity index (χ0) is 19.1. The van der Waals surface area contributed by atoms with Gasteiger partial charge in [-0.1, -0.05) is 18.7 Å². The van der Waals surface area contributed by atoms with E-state index < -0.39 is 0 Å². The number of carbonyl (C=O) groups is 1. The molecule has 2 aromatic rings. The van der Waals surface area contributed by atoms with Gasteiger partial charge in [-0.25, -0.2) is 0 Å². The van der Waals surface area contributed by atoms with E-state index in [9.17, 15) is 4.79 Å². The van der Waals surface area contributed by atoms with E-state index in [0.717, 1.165) is 5.56 Å². The molecule has 3 rings (SSSR count). The van der Waals surface area contributed by atoms with Gasteiger partial charge >= 0.3 is 0 Å². The Kier molecular flexibility index (Phi) is 5.99. The monoisotopic (exact) mass is 367 g/mol. The highest BCUT2D eigenvalue weighted by atomic mass is 16.6. The molecule has 0 aromatic heterocycles. The maximum Gasteiger partial charge on any atom is 0.248 e. The number of ether oxygens (including phenoxy) is 4. The summed E-state index contributed by atoms with van der Waals surface area (Å²) in [5.74, 6) is 2.27. The second kappa shape index (κ2) is 8.80. The molecule has 0 saturated carbocycles. The number of hydrogen-bond donors (Lipinski definition) is 1. The van der Waals surface area contributed by atoms with Crippen molar-refractivity contribution in [2.75, 3.05) is 32.2 Å². The van der Waals surface area contributed by atoms with Gasteiger partial charge in [0.15, 0.2) is 23.0 Å². The summed E-state index contributed by atoms with van der Waals surface area (Å²) in [5.41, 5.74) is 1.45. The average molecular weight is 367 g/mol. The number of carbonyl (C=O) groups excluding carboxylic acids is 1. The highest BCUT2D eigenvalue weighted by Gasteiger charge is 2.12. The molecule has 0 bridgehead atoms. The van der Waals surface area contributed by atoms with Crippen LogP contribution in [0.15, 0.2) is 55.1 Å². The van der Waals surface area contributed by atoms with Crippen molar-refractivity contribution < 1.29 is 23.7 Å². The Morgan fingerprint density at radius 3 is 2.74 bits per heavy atom. The first-order valence-corrected chi connectivity index (χ1v) is 8.50. The third-order valence-electron chi connectivity index (χ3n) is 3.78. The van der Waals surface area contributed by atoms with Crippen LogP contribution in [0.1, 0.15) is 5.56 Å². The fourth-order valence-electron chi connectivity index (χ4n) is 2.53. The lowest BCUT2D eigenvalue weighted by Crippen LogP contribution is -2.16. The quantitative estimate of drug-likeness (QED) is 0.597. The lowest BCUT2D eigenvalue weighted by Gasteiger charge is -2.18. The predicted molar refractivity (Wildman–Crippen MR) is 104 cm³/mol. The molecule has 27 heavy (non-hydrogen) atoms. The summed E-state index contributed by atoms with van der Waals surface area (Å²) in [4.78, 5) is 12.2. The molecule has 6 nitrogen and oxygen atoms in total. The van der Waals surface area contributed by atoms with Crippen LogP contribution in [0, 0.1) is 0 Å². The van der Waals surface area contributed by atoms with Gasteiger partial charge in [-0.3, -0.25) is 4.79 Å². The molecule has 140 valence electrons. The normalized spacial score (nSPS) is 12.5. The van der Waals surface area contributed by atoms with Crippen molar-refractivity contribution in [3.63, 3.8) is 0 Å². The van der Waals surface area contributed by atoms with Crippen LogP contribution in [-0.2, 0) is 4.79 Å². The van der Waals surface area contributed by atoms with Crippen LogP contribution in [-0.4, -0.2) is 32.8 Å². The van der Waals surface area contributed by atoms with Gasteiger partial charge < -0.3 is 24.3 Å². The van der Waals surface area contributed by atoms with Crippen LogP contribution in [0.4, 0.5) is 5.69 Å². The molecule has 0 atom stereocenters. The minimum Gasteiger partial charge on any atom is -0.493 e. The number of nitrogens with one attached hydrogen (secondary N) is 1. The van der Waals surface area contributed by atoms with E-state index in [1.54, 1.807) is 49.6 Å². The Balaban J connectivity index is 1.65. The van der Waals surface area contributed by atoms with E-state index in [1.165, 1.54) is 6.08 Å². The summed E-state index contributed by atoms with van der Waals surface area (Å²) >= 11 is 0. The van der Waals surface area contributed by atoms with Gasteiger partial charge in [-0.05, 0) is 35.9 Å². The molecule has 0 aliphatic carbocycles. The Labute approximate surface area is 158 Å². The number of benzene rings is 2. The maximum atomic E-state index is 12.2. The molecular formula is C21H21NO5. The molecule has 1 amide bonds. The van der Waals surface area contributed by atoms with Crippen molar-refractivity contribution >= 4 is 17.7 Å². The molecule has 1 aliphatic heterocycles. The van der Waals surface area contributed by atoms with Crippen molar-refractivity contribution in [3.05, 3.63) is 60.7 Å². The predicted octanol–water partition coefficient (Wildman–Crippen LogP) is 3.68. The van der Waals surface area contributed by atoms with Gasteiger partial charge in [0.2, 0.25) is 5.91 Å². The smallest absolute Gasteiger partial charge is 0.248 e. The fourth-order valence-corrected chi connectivity index (χ4v) is 2.53. The van der Waals surface area contributed by atoms with Crippen LogP contribution in [0.2, 0.25) is 0 Å². The first-order chi connectivity index (χ1) is 13.2. The van der Waals surface area contributed by atoms with Crippen LogP contribution in [0.25, 0.3) is 6.08 Å². The lowest BCUT2D eigenvalue weighted by molar-refractivity contribution is -0.111. The van der Waals surface area contributed by atoms with Crippen LogP contribution in [0.3, 0.4) is 0 Å². The first kappa shape index (κ1) is 18.4. The second-order valence-corrected chi connectivity index (χ2v) is 5.69. The number of rotatable bonds is 7. The lowest BCUT2D eigenvalue weighted by atomic mass is 10.2. The minimum absolute atomic E-state index is 0.252. The minimum atomic E-state index is -0.252. The Morgan fingerprint density at radius 1 is 1.15 bits per heavy atom. The molecule has 6 heteroatoms. The van der Waals surface area contributed by atoms with Gasteiger partial charge in [0.05, 0.1) is 7.11 Å². The van der Waals surface area contributed by atoms with Crippen LogP contribution in [0.5, 0.6) is 23.0 Å². The average Bonchev–Trinajstić information content (AvgIpc) is 2.70. The van der Waals surface area contributed by atoms with E-state index >= 15 is 0 Å². The summed E-state index contributed by atoms with van der Waals surface area (Å²) in [6.45, 7) is 5.04. The van der Waals surface area contributed by atoms with Crippen LogP contribution < -0.4 is 24.3 Å². The summed E-state index contributed by atoms with van der Waals surface area (Å²) in [5, 5.41) is 2.80. The van der Waals surface area contributed by atoms with Crippen molar-refractivity contribution in [3.8, 4) is 23.0 Å². The molecule has 0 radical (unpaired) electrons. The molecule has 1 N–H and O–H groups in total. The standard InChI is InChI=1S/C21H21NO5/c1-3-10-25-17-7-4-15(13-19(17)24-2)5-9-21(23)22-16-6-8-18-20(14-16)27-12-11-26-18/h3-9,13-14H,1,10-12H2,2H3,(H,22,23)/b9-5+. The highest BCUT2D eigenvalue weighted by Crippen LogP contribution is 2.32. The van der Waals surface area contributed by atoms with Gasteiger partial charge in [-0.2, -0.15) is 0 Å². The topological polar surface area (TPSA) is 66.0 Å². The van der Waals surface area contributed by atoms with Crippen molar-refractivity contribution in [2.24, 2.45) is 0 Å². The molecule has 1 heterocycles. The number of amides is 1. The van der Waals surface area contributed by atoms with Gasteiger partial charge in [-0.15, -0.1) is 0 Å². The summed E-state index contributed by atoms with van der Waals surface area (Å²) < 4.78 is 21.8. The van der Waals surface area contributed by atoms with Gasteiger partial charge in [0, 0.05) is 17.8 Å². The summed E-state index contributed by atoms with van der Waals surface area (Å²) in [6, 6.07) is 10.7. The van der Waals surface area contributed by atoms with E-state index in [1.807, 2.05) is 6.07 Å². The van der Waals surface area contributed by atoms with E-state index in [0.29, 0.717) is 48.5 Å². The van der Waals surface area contributed by atoms with Crippen molar-refractivity contribution in [1.29, 1.82) is 0 Å². The molecule has 1 aliphatic rings. The number of methoxy groups -OCH3 is 1. The largest absolute Gasteiger partial charge is 0.493 e. The molecule has 0 fully saturated rings. The van der Waals surface area contributed by atoms with Gasteiger partial charge in [0.1, 0.15) is 19.8 Å². The third-order valence-corrected chi connectivity index (χ3v) is 3.78. The summed E-state index contributed by atoms with van der Waals surface area (Å²) in [6.07, 6.45) is 4.82. The third kappa shape index (κ3) is 4.82. The zero-order valence-corrected chi connectivity index (χ0v) is 15.1. The second-order valence-electron chi connectivity index (χ2n) is 5.69. The Morgan fingerprint density at radius 2 is 1.96 bits per heavy atom. The highest BCUT2D eigenvalue weighted by molar-refractivity contribution is 6.02. The maximum absolute atomic E-state index is 12.2. The van der Waals surface area contributed by atoms with E-state index in [4.69, 9.17) is 18.9 Å². The van der Waals surface area contributed by atoms with Crippen molar-refractivity contribution in [1.82, 2.24) is 0 Å². The molecule has 0 spiro atoms. The Hall–Kier alpha value is -3.41. The van der Waals surface area contributed by atoms with Crippen LogP contribution >= 0.6 is 0 Å². The molecular weight excluding hydrogens is 346 g/mol. The number of hydrogen-bond acceptors (Lipinski definition) is 5. The zero-order valence-electron chi connectivity index (χ0n) is 15.1. The molecule has 0 saturated heterocycles. The van der Waals surface area contributed by atoms with E-state index in [2.05, 4.69) is 11.9 Å². The van der Waals surface area contributed by atoms with E-state index in [-0.39, 0.29) is 5.91 Å². The number of fused-ring (bicyclic) bond motifs is 1. The Bertz CT molecular complexity index is 860. The van der Waals surface area contributed by atoms with Crippen molar-refractivity contribution in [2.45, 2.75) is 0 Å². The number of anilines is 1. The molecule has 0 unspecified atom stereocenters. The SMILES string of the molecule is C=CCOc1ccc(/C=C/C(=O)Nc2ccc3c(c2)OCCO3)cc1OC. The fraction of sp³-hybridized carbons (Fsp3) is 0.190. The summed E-state index contributed by atoms with van der Waals surface area (Å²) in [7, 11) is 1.57.